The number of carbonyl (C=O) groups excluding carboxylic acids is 1. The van der Waals surface area contributed by atoms with Crippen molar-refractivity contribution in [1.29, 1.82) is 0 Å². The fraction of sp³-hybridized carbons (Fsp3) is 0.500. The molecule has 1 aliphatic rings. The largest absolute Gasteiger partial charge is 0.389 e. The standard InChI is InChI=1S/C14H16F3NO/c1-13(18-12(19)7-9-14(15,16)17)8-6-10-4-2-3-5-11(10)13/h2-5H,6-9H2,1H3,(H,18,19). The molecule has 1 unspecified atom stereocenters. The van der Waals surface area contributed by atoms with Gasteiger partial charge in [0.2, 0.25) is 5.91 Å². The Balaban J connectivity index is 2.02. The van der Waals surface area contributed by atoms with Crippen molar-refractivity contribution in [3.63, 3.8) is 0 Å². The Hall–Kier alpha value is -1.52. The van der Waals surface area contributed by atoms with Gasteiger partial charge in [-0.15, -0.1) is 0 Å². The summed E-state index contributed by atoms with van der Waals surface area (Å²) in [4.78, 5) is 11.6. The molecule has 0 aliphatic heterocycles. The summed E-state index contributed by atoms with van der Waals surface area (Å²) >= 11 is 0. The maximum absolute atomic E-state index is 12.1. The van der Waals surface area contributed by atoms with Crippen molar-refractivity contribution in [2.24, 2.45) is 0 Å². The average molecular weight is 271 g/mol. The van der Waals surface area contributed by atoms with Crippen LogP contribution in [0, 0.1) is 0 Å². The second-order valence-electron chi connectivity index (χ2n) is 5.15. The summed E-state index contributed by atoms with van der Waals surface area (Å²) in [6.07, 6.45) is -4.31. The molecule has 0 bridgehead atoms. The molecule has 0 fully saturated rings. The molecule has 1 aliphatic carbocycles. The first-order valence-electron chi connectivity index (χ1n) is 6.26. The zero-order valence-electron chi connectivity index (χ0n) is 10.7. The van der Waals surface area contributed by atoms with Crippen LogP contribution < -0.4 is 5.32 Å². The lowest BCUT2D eigenvalue weighted by Crippen LogP contribution is -2.42. The lowest BCUT2D eigenvalue weighted by molar-refractivity contribution is -0.144. The molecule has 0 saturated carbocycles. The molecular formula is C14H16F3NO. The van der Waals surface area contributed by atoms with E-state index in [2.05, 4.69) is 5.32 Å². The predicted octanol–water partition coefficient (Wildman–Crippen LogP) is 3.31. The molecule has 0 saturated heterocycles. The van der Waals surface area contributed by atoms with E-state index in [1.54, 1.807) is 0 Å². The molecule has 1 N–H and O–H groups in total. The van der Waals surface area contributed by atoms with Gasteiger partial charge in [-0.25, -0.2) is 0 Å². The van der Waals surface area contributed by atoms with Gasteiger partial charge in [-0.1, -0.05) is 24.3 Å². The van der Waals surface area contributed by atoms with E-state index < -0.39 is 30.5 Å². The summed E-state index contributed by atoms with van der Waals surface area (Å²) in [5.41, 5.74) is 1.62. The molecule has 0 radical (unpaired) electrons. The lowest BCUT2D eigenvalue weighted by atomic mass is 9.94. The van der Waals surface area contributed by atoms with Gasteiger partial charge in [-0.05, 0) is 30.9 Å². The molecule has 0 aromatic heterocycles. The first-order chi connectivity index (χ1) is 8.80. The van der Waals surface area contributed by atoms with Crippen molar-refractivity contribution in [3.8, 4) is 0 Å². The van der Waals surface area contributed by atoms with E-state index in [-0.39, 0.29) is 0 Å². The van der Waals surface area contributed by atoms with Gasteiger partial charge in [-0.3, -0.25) is 4.79 Å². The number of benzene rings is 1. The van der Waals surface area contributed by atoms with Crippen molar-refractivity contribution in [2.45, 2.75) is 44.3 Å². The molecule has 1 amide bonds. The molecule has 0 spiro atoms. The Labute approximate surface area is 110 Å². The highest BCUT2D eigenvalue weighted by Crippen LogP contribution is 2.36. The van der Waals surface area contributed by atoms with Crippen LogP contribution in [-0.4, -0.2) is 12.1 Å². The topological polar surface area (TPSA) is 29.1 Å². The second kappa shape index (κ2) is 4.87. The molecule has 104 valence electrons. The van der Waals surface area contributed by atoms with Gasteiger partial charge >= 0.3 is 6.18 Å². The first-order valence-corrected chi connectivity index (χ1v) is 6.26. The van der Waals surface area contributed by atoms with E-state index in [1.807, 2.05) is 31.2 Å². The predicted molar refractivity (Wildman–Crippen MR) is 65.5 cm³/mol. The third-order valence-electron chi connectivity index (χ3n) is 3.56. The summed E-state index contributed by atoms with van der Waals surface area (Å²) in [6.45, 7) is 1.87. The smallest absolute Gasteiger partial charge is 0.347 e. The van der Waals surface area contributed by atoms with E-state index in [9.17, 15) is 18.0 Å². The highest BCUT2D eigenvalue weighted by Gasteiger charge is 2.36. The Morgan fingerprint density at radius 1 is 1.37 bits per heavy atom. The van der Waals surface area contributed by atoms with E-state index in [0.29, 0.717) is 0 Å². The van der Waals surface area contributed by atoms with Crippen molar-refractivity contribution < 1.29 is 18.0 Å². The van der Waals surface area contributed by atoms with Gasteiger partial charge in [0.15, 0.2) is 0 Å². The van der Waals surface area contributed by atoms with Crippen molar-refractivity contribution >= 4 is 5.91 Å². The average Bonchev–Trinajstić information content (AvgIpc) is 2.65. The summed E-state index contributed by atoms with van der Waals surface area (Å²) in [5, 5.41) is 2.75. The summed E-state index contributed by atoms with van der Waals surface area (Å²) < 4.78 is 36.3. The minimum atomic E-state index is -4.29. The SMILES string of the molecule is CC1(NC(=O)CCC(F)(F)F)CCc2ccccc21. The Morgan fingerprint density at radius 3 is 2.74 bits per heavy atom. The van der Waals surface area contributed by atoms with Crippen LogP contribution in [0.2, 0.25) is 0 Å². The van der Waals surface area contributed by atoms with Gasteiger partial charge in [0, 0.05) is 6.42 Å². The van der Waals surface area contributed by atoms with Crippen LogP contribution in [0.5, 0.6) is 0 Å². The van der Waals surface area contributed by atoms with E-state index in [4.69, 9.17) is 0 Å². The van der Waals surface area contributed by atoms with E-state index >= 15 is 0 Å². The first kappa shape index (κ1) is 13.9. The number of halogens is 3. The number of hydrogen-bond acceptors (Lipinski definition) is 1. The molecule has 5 heteroatoms. The lowest BCUT2D eigenvalue weighted by Gasteiger charge is -2.27. The number of nitrogens with one attached hydrogen (secondary N) is 1. The Bertz CT molecular complexity index is 484. The van der Waals surface area contributed by atoms with Crippen molar-refractivity contribution in [2.75, 3.05) is 0 Å². The molecule has 2 rings (SSSR count). The minimum absolute atomic E-state index is 0.513. The number of rotatable bonds is 3. The normalized spacial score (nSPS) is 22.1. The van der Waals surface area contributed by atoms with Gasteiger partial charge < -0.3 is 5.32 Å². The number of aryl methyl sites for hydroxylation is 1. The quantitative estimate of drug-likeness (QED) is 0.897. The van der Waals surface area contributed by atoms with Crippen molar-refractivity contribution in [3.05, 3.63) is 35.4 Å². The van der Waals surface area contributed by atoms with E-state index in [1.165, 1.54) is 0 Å². The maximum atomic E-state index is 12.1. The number of alkyl halides is 3. The molecular weight excluding hydrogens is 255 g/mol. The van der Waals surface area contributed by atoms with E-state index in [0.717, 1.165) is 24.0 Å². The van der Waals surface area contributed by atoms with Gasteiger partial charge in [0.05, 0.1) is 12.0 Å². The highest BCUT2D eigenvalue weighted by molar-refractivity contribution is 5.77. The van der Waals surface area contributed by atoms with Crippen LogP contribution >= 0.6 is 0 Å². The van der Waals surface area contributed by atoms with Gasteiger partial charge in [0.1, 0.15) is 0 Å². The number of carbonyl (C=O) groups is 1. The molecule has 2 nitrogen and oxygen atoms in total. The van der Waals surface area contributed by atoms with Crippen LogP contribution in [0.3, 0.4) is 0 Å². The Morgan fingerprint density at radius 2 is 2.05 bits per heavy atom. The monoisotopic (exact) mass is 271 g/mol. The highest BCUT2D eigenvalue weighted by atomic mass is 19.4. The second-order valence-corrected chi connectivity index (χ2v) is 5.15. The summed E-state index contributed by atoms with van der Waals surface area (Å²) in [6, 6.07) is 7.72. The van der Waals surface area contributed by atoms with Crippen LogP contribution in [0.4, 0.5) is 13.2 Å². The molecule has 1 aromatic carbocycles. The zero-order chi connectivity index (χ0) is 14.1. The van der Waals surface area contributed by atoms with Gasteiger partial charge in [0.25, 0.3) is 0 Å². The van der Waals surface area contributed by atoms with Crippen LogP contribution in [0.25, 0.3) is 0 Å². The summed E-state index contributed by atoms with van der Waals surface area (Å²) in [7, 11) is 0. The molecule has 0 heterocycles. The van der Waals surface area contributed by atoms with Crippen molar-refractivity contribution in [1.82, 2.24) is 5.32 Å². The number of hydrogen-bond donors (Lipinski definition) is 1. The number of amides is 1. The maximum Gasteiger partial charge on any atom is 0.389 e. The van der Waals surface area contributed by atoms with Crippen LogP contribution in [0.1, 0.15) is 37.3 Å². The van der Waals surface area contributed by atoms with Crippen LogP contribution in [-0.2, 0) is 16.8 Å². The molecule has 19 heavy (non-hydrogen) atoms. The van der Waals surface area contributed by atoms with Crippen LogP contribution in [0.15, 0.2) is 24.3 Å². The fourth-order valence-corrected chi connectivity index (χ4v) is 2.55. The zero-order valence-corrected chi connectivity index (χ0v) is 10.7. The minimum Gasteiger partial charge on any atom is -0.347 e. The molecule has 1 aromatic rings. The Kier molecular flexibility index (Phi) is 3.56. The number of fused-ring (bicyclic) bond motifs is 1. The summed E-state index contributed by atoms with van der Waals surface area (Å²) in [5.74, 6) is -0.545. The van der Waals surface area contributed by atoms with Gasteiger partial charge in [-0.2, -0.15) is 13.2 Å². The third-order valence-corrected chi connectivity index (χ3v) is 3.56. The fourth-order valence-electron chi connectivity index (χ4n) is 2.55. The molecule has 1 atom stereocenters. The third kappa shape index (κ3) is 3.28.